The van der Waals surface area contributed by atoms with E-state index in [2.05, 4.69) is 0 Å². The Morgan fingerprint density at radius 3 is 2.28 bits per heavy atom. The van der Waals surface area contributed by atoms with Crippen LogP contribution in [-0.2, 0) is 20.7 Å². The average Bonchev–Trinajstić information content (AvgIpc) is 3.43. The number of hydrogen-bond acceptors (Lipinski definition) is 6. The fourth-order valence-corrected chi connectivity index (χ4v) is 3.74. The third-order valence-electron chi connectivity index (χ3n) is 5.17. The van der Waals surface area contributed by atoms with E-state index in [0.717, 1.165) is 40.4 Å². The second kappa shape index (κ2) is 8.57. The van der Waals surface area contributed by atoms with Crippen LogP contribution in [0.25, 0.3) is 11.1 Å². The number of ether oxygens (including phenoxy) is 3. The molecule has 1 aliphatic carbocycles. The third-order valence-corrected chi connectivity index (χ3v) is 5.17. The van der Waals surface area contributed by atoms with E-state index in [-0.39, 0.29) is 11.9 Å². The fraction of sp³-hybridized carbons (Fsp3) is 0.348. The van der Waals surface area contributed by atoms with E-state index in [1.165, 1.54) is 7.11 Å². The first-order valence-corrected chi connectivity index (χ1v) is 9.77. The zero-order valence-electron chi connectivity index (χ0n) is 16.6. The van der Waals surface area contributed by atoms with E-state index in [1.54, 1.807) is 19.5 Å². The van der Waals surface area contributed by atoms with Gasteiger partial charge in [0.25, 0.3) is 0 Å². The van der Waals surface area contributed by atoms with Gasteiger partial charge >= 0.3 is 5.97 Å². The largest absolute Gasteiger partial charge is 0.494 e. The van der Waals surface area contributed by atoms with Gasteiger partial charge in [0, 0.05) is 24.7 Å². The number of furan rings is 2. The number of fused-ring (bicyclic) bond motifs is 3. The predicted molar refractivity (Wildman–Crippen MR) is 106 cm³/mol. The molecule has 0 N–H and O–H groups in total. The first kappa shape index (κ1) is 19.3. The van der Waals surface area contributed by atoms with E-state index in [9.17, 15) is 4.79 Å². The first-order chi connectivity index (χ1) is 14.2. The summed E-state index contributed by atoms with van der Waals surface area (Å²) >= 11 is 0. The van der Waals surface area contributed by atoms with Crippen molar-refractivity contribution in [1.82, 2.24) is 0 Å². The molecule has 1 atom stereocenters. The van der Waals surface area contributed by atoms with E-state index in [1.807, 2.05) is 36.4 Å². The summed E-state index contributed by atoms with van der Waals surface area (Å²) in [7, 11) is 1.51. The zero-order chi connectivity index (χ0) is 20.2. The number of rotatable bonds is 9. The number of carbonyl (C=O) groups excluding carboxylic acids is 1. The lowest BCUT2D eigenvalue weighted by Crippen LogP contribution is -2.27. The van der Waals surface area contributed by atoms with Crippen LogP contribution >= 0.6 is 0 Å². The molecule has 6 heteroatoms. The van der Waals surface area contributed by atoms with Crippen molar-refractivity contribution in [2.75, 3.05) is 20.3 Å². The van der Waals surface area contributed by atoms with Gasteiger partial charge in [0.05, 0.1) is 31.7 Å². The summed E-state index contributed by atoms with van der Waals surface area (Å²) in [5.41, 5.74) is 3.20. The van der Waals surface area contributed by atoms with E-state index in [0.29, 0.717) is 19.6 Å². The lowest BCUT2D eigenvalue weighted by molar-refractivity contribution is -0.154. The molecule has 1 aromatic carbocycles. The van der Waals surface area contributed by atoms with Crippen molar-refractivity contribution in [2.24, 2.45) is 0 Å². The highest BCUT2D eigenvalue weighted by Crippen LogP contribution is 2.47. The molecule has 2 heterocycles. The van der Waals surface area contributed by atoms with Crippen molar-refractivity contribution in [3.8, 4) is 16.9 Å². The molecule has 1 unspecified atom stereocenters. The number of carbonyl (C=O) groups is 1. The average molecular weight is 396 g/mol. The van der Waals surface area contributed by atoms with Gasteiger partial charge in [0.2, 0.25) is 0 Å². The van der Waals surface area contributed by atoms with Gasteiger partial charge in [0.1, 0.15) is 17.3 Å². The summed E-state index contributed by atoms with van der Waals surface area (Å²) in [4.78, 5) is 11.9. The van der Waals surface area contributed by atoms with Gasteiger partial charge in [0.15, 0.2) is 6.10 Å². The molecular weight excluding hydrogens is 372 g/mol. The maximum Gasteiger partial charge on any atom is 0.335 e. The summed E-state index contributed by atoms with van der Waals surface area (Å²) < 4.78 is 27.5. The number of methoxy groups -OCH3 is 1. The summed E-state index contributed by atoms with van der Waals surface area (Å²) in [6.07, 6.45) is 4.06. The van der Waals surface area contributed by atoms with Crippen molar-refractivity contribution in [3.05, 3.63) is 66.0 Å². The van der Waals surface area contributed by atoms with Crippen LogP contribution in [0.4, 0.5) is 0 Å². The Labute approximate surface area is 169 Å². The SMILES string of the molecule is CCOC(=O)C(Cc1ccc(OCCC2c3occc3-c3ccoc32)cc1)OC. The van der Waals surface area contributed by atoms with Gasteiger partial charge < -0.3 is 23.0 Å². The maximum absolute atomic E-state index is 11.9. The van der Waals surface area contributed by atoms with Crippen LogP contribution in [0.2, 0.25) is 0 Å². The second-order valence-corrected chi connectivity index (χ2v) is 6.91. The molecule has 29 heavy (non-hydrogen) atoms. The summed E-state index contributed by atoms with van der Waals surface area (Å²) in [5, 5.41) is 0. The van der Waals surface area contributed by atoms with Crippen molar-refractivity contribution < 1.29 is 27.8 Å². The molecule has 0 fully saturated rings. The lowest BCUT2D eigenvalue weighted by Gasteiger charge is -2.14. The summed E-state index contributed by atoms with van der Waals surface area (Å²) in [5.74, 6) is 2.40. The number of esters is 1. The lowest BCUT2D eigenvalue weighted by atomic mass is 10.0. The van der Waals surface area contributed by atoms with E-state index >= 15 is 0 Å². The highest BCUT2D eigenvalue weighted by molar-refractivity contribution is 5.75. The molecule has 1 aliphatic rings. The van der Waals surface area contributed by atoms with Crippen LogP contribution in [0.15, 0.2) is 57.8 Å². The molecule has 0 spiro atoms. The molecule has 0 aliphatic heterocycles. The Balaban J connectivity index is 1.32. The third kappa shape index (κ3) is 3.93. The molecule has 6 nitrogen and oxygen atoms in total. The van der Waals surface area contributed by atoms with Crippen LogP contribution in [0.5, 0.6) is 5.75 Å². The molecule has 152 valence electrons. The second-order valence-electron chi connectivity index (χ2n) is 6.91. The quantitative estimate of drug-likeness (QED) is 0.493. The summed E-state index contributed by atoms with van der Waals surface area (Å²) in [6.45, 7) is 2.65. The molecule has 2 aromatic heterocycles. The predicted octanol–water partition coefficient (Wildman–Crippen LogP) is 4.57. The molecule has 0 bridgehead atoms. The Hall–Kier alpha value is -2.99. The van der Waals surface area contributed by atoms with Gasteiger partial charge in [-0.05, 0) is 43.2 Å². The molecule has 0 saturated heterocycles. The Morgan fingerprint density at radius 2 is 1.69 bits per heavy atom. The maximum atomic E-state index is 11.9. The first-order valence-electron chi connectivity index (χ1n) is 9.77. The van der Waals surface area contributed by atoms with Gasteiger partial charge in [-0.25, -0.2) is 4.79 Å². The minimum atomic E-state index is -0.603. The van der Waals surface area contributed by atoms with Crippen LogP contribution in [0, 0.1) is 0 Å². The van der Waals surface area contributed by atoms with E-state index < -0.39 is 6.10 Å². The fourth-order valence-electron chi connectivity index (χ4n) is 3.74. The van der Waals surface area contributed by atoms with Crippen LogP contribution in [-0.4, -0.2) is 32.4 Å². The molecule has 4 rings (SSSR count). The normalized spacial score (nSPS) is 13.7. The molecule has 0 saturated carbocycles. The minimum Gasteiger partial charge on any atom is -0.494 e. The Morgan fingerprint density at radius 1 is 1.03 bits per heavy atom. The topological polar surface area (TPSA) is 71.0 Å². The number of benzene rings is 1. The molecule has 0 amide bonds. The van der Waals surface area contributed by atoms with Gasteiger partial charge in [-0.3, -0.25) is 0 Å². The molecule has 3 aromatic rings. The van der Waals surface area contributed by atoms with Crippen molar-refractivity contribution in [2.45, 2.75) is 31.8 Å². The van der Waals surface area contributed by atoms with Crippen LogP contribution in [0.1, 0.15) is 36.3 Å². The minimum absolute atomic E-state index is 0.0799. The molecular formula is C23H24O6. The standard InChI is InChI=1S/C23H24O6/c1-3-26-23(24)20(25-2)14-15-4-6-16(7-5-15)27-11-10-19-21-17(8-12-28-21)18-9-13-29-22(18)19/h4-9,12-13,19-20H,3,10-11,14H2,1-2H3. The van der Waals surface area contributed by atoms with Crippen molar-refractivity contribution in [1.29, 1.82) is 0 Å². The van der Waals surface area contributed by atoms with Crippen molar-refractivity contribution in [3.63, 3.8) is 0 Å². The zero-order valence-corrected chi connectivity index (χ0v) is 16.6. The van der Waals surface area contributed by atoms with Crippen molar-refractivity contribution >= 4 is 5.97 Å². The number of hydrogen-bond donors (Lipinski definition) is 0. The van der Waals surface area contributed by atoms with Gasteiger partial charge in [-0.2, -0.15) is 0 Å². The van der Waals surface area contributed by atoms with Gasteiger partial charge in [-0.15, -0.1) is 0 Å². The monoisotopic (exact) mass is 396 g/mol. The smallest absolute Gasteiger partial charge is 0.335 e. The Kier molecular flexibility index (Phi) is 5.71. The molecule has 0 radical (unpaired) electrons. The van der Waals surface area contributed by atoms with E-state index in [4.69, 9.17) is 23.0 Å². The van der Waals surface area contributed by atoms with Crippen LogP contribution < -0.4 is 4.74 Å². The highest BCUT2D eigenvalue weighted by atomic mass is 16.6. The van der Waals surface area contributed by atoms with Crippen LogP contribution in [0.3, 0.4) is 0 Å². The highest BCUT2D eigenvalue weighted by Gasteiger charge is 2.34. The summed E-state index contributed by atoms with van der Waals surface area (Å²) in [6, 6.07) is 11.6. The Bertz CT molecular complexity index is 912. The van der Waals surface area contributed by atoms with Gasteiger partial charge in [-0.1, -0.05) is 12.1 Å².